The Morgan fingerprint density at radius 1 is 0.736 bits per heavy atom. The molecule has 7 nitrogen and oxygen atoms in total. The number of anilines is 3. The fourth-order valence-electron chi connectivity index (χ4n) is 6.41. The number of sulfonamides is 2. The van der Waals surface area contributed by atoms with Crippen LogP contribution in [0.3, 0.4) is 0 Å². The lowest BCUT2D eigenvalue weighted by Gasteiger charge is -2.26. The molecule has 0 saturated carbocycles. The van der Waals surface area contributed by atoms with Crippen molar-refractivity contribution in [2.75, 3.05) is 29.1 Å². The number of alkyl halides is 3. The second-order valence-corrected chi connectivity index (χ2v) is 17.7. The Morgan fingerprint density at radius 3 is 1.89 bits per heavy atom. The Morgan fingerprint density at radius 2 is 1.32 bits per heavy atom. The Labute approximate surface area is 311 Å². The largest absolute Gasteiger partial charge is 0.512 e. The highest BCUT2D eigenvalue weighted by Crippen LogP contribution is 2.40. The molecule has 0 amide bonds. The lowest BCUT2D eigenvalue weighted by Crippen LogP contribution is -2.41. The van der Waals surface area contributed by atoms with Crippen molar-refractivity contribution in [3.63, 3.8) is 0 Å². The number of nitrogens with zero attached hydrogens (tertiary/aromatic N) is 1. The number of rotatable bonds is 15. The molecule has 5 aromatic rings. The van der Waals surface area contributed by atoms with Crippen molar-refractivity contribution < 1.29 is 30.0 Å². The number of halogens is 3. The maximum absolute atomic E-state index is 12.7. The normalized spacial score (nSPS) is 13.2. The van der Waals surface area contributed by atoms with Gasteiger partial charge in [0.25, 0.3) is 0 Å². The summed E-state index contributed by atoms with van der Waals surface area (Å²) in [6, 6.07) is 37.7. The van der Waals surface area contributed by atoms with Gasteiger partial charge in [-0.1, -0.05) is 105 Å². The molecular formula is C41H46F3N3O4S2. The first-order valence-electron chi connectivity index (χ1n) is 17.6. The molecule has 1 atom stereocenters. The third-order valence-corrected chi connectivity index (χ3v) is 13.2. The molecule has 53 heavy (non-hydrogen) atoms. The van der Waals surface area contributed by atoms with Gasteiger partial charge in [0.05, 0.1) is 5.75 Å². The fraction of sp³-hybridized carbons (Fsp3) is 0.317. The van der Waals surface area contributed by atoms with Crippen LogP contribution in [0.15, 0.2) is 109 Å². The molecule has 5 aromatic carbocycles. The van der Waals surface area contributed by atoms with Crippen LogP contribution in [0.5, 0.6) is 0 Å². The van der Waals surface area contributed by atoms with E-state index < -0.39 is 31.3 Å². The van der Waals surface area contributed by atoms with E-state index >= 15 is 0 Å². The number of hydrogen-bond acceptors (Lipinski definition) is 6. The Kier molecular flexibility index (Phi) is 12.0. The number of nitrogens with one attached hydrogen (secondary N) is 2. The van der Waals surface area contributed by atoms with Gasteiger partial charge < -0.3 is 10.2 Å². The number of benzene rings is 5. The van der Waals surface area contributed by atoms with E-state index in [0.717, 1.165) is 60.6 Å². The quantitative estimate of drug-likeness (QED) is 0.103. The summed E-state index contributed by atoms with van der Waals surface area (Å²) < 4.78 is 85.9. The van der Waals surface area contributed by atoms with Crippen LogP contribution < -0.4 is 14.3 Å². The summed E-state index contributed by atoms with van der Waals surface area (Å²) in [5.74, 6) is -0.909. The lowest BCUT2D eigenvalue weighted by molar-refractivity contribution is -0.0441. The zero-order chi connectivity index (χ0) is 38.6. The molecule has 1 unspecified atom stereocenters. The molecule has 0 aliphatic heterocycles. The van der Waals surface area contributed by atoms with Gasteiger partial charge in [-0.3, -0.25) is 0 Å². The molecule has 0 aliphatic rings. The summed E-state index contributed by atoms with van der Waals surface area (Å²) in [6.45, 7) is 11.3. The molecule has 0 radical (unpaired) electrons. The van der Waals surface area contributed by atoms with Gasteiger partial charge in [-0.05, 0) is 90.1 Å². The highest BCUT2D eigenvalue weighted by molar-refractivity contribution is 8.05. The molecular weight excluding hydrogens is 720 g/mol. The molecule has 0 saturated heterocycles. The van der Waals surface area contributed by atoms with Crippen LogP contribution >= 0.6 is 0 Å². The smallest absolute Gasteiger partial charge is 0.372 e. The van der Waals surface area contributed by atoms with Crippen molar-refractivity contribution in [1.29, 1.82) is 0 Å². The van der Waals surface area contributed by atoms with Gasteiger partial charge in [-0.2, -0.15) is 13.2 Å². The Balaban J connectivity index is 1.42. The Hall–Kier alpha value is -4.39. The minimum atomic E-state index is -6.02. The van der Waals surface area contributed by atoms with Crippen molar-refractivity contribution in [1.82, 2.24) is 4.13 Å². The summed E-state index contributed by atoms with van der Waals surface area (Å²) >= 11 is 0. The van der Waals surface area contributed by atoms with Gasteiger partial charge in [0, 0.05) is 41.5 Å². The maximum Gasteiger partial charge on any atom is 0.512 e. The van der Waals surface area contributed by atoms with Crippen LogP contribution in [0.1, 0.15) is 74.3 Å². The standard InChI is InChI=1S/C41H46F3N3O4S2/c1-6-40(4,5)32-19-21-33(22-20-32)45-38-26-25-37(35-11-8-9-12-36(35)38)39(30-15-13-29(3)14-16-30)31-17-23-34(24-18-31)47(7-2)27-10-28-52(48,49)46-53(50,51)41(42,43)44/h8-9,11-26,39,45-46H,6-7,10,27-28H2,1-5H3. The summed E-state index contributed by atoms with van der Waals surface area (Å²) in [7, 11) is -10.7. The fourth-order valence-corrected chi connectivity index (χ4v) is 8.96. The molecule has 12 heteroatoms. The molecule has 2 N–H and O–H groups in total. The van der Waals surface area contributed by atoms with E-state index in [4.69, 9.17) is 0 Å². The van der Waals surface area contributed by atoms with Crippen LogP contribution in [0, 0.1) is 6.92 Å². The SMILES string of the molecule is CCN(CCCS(=O)(=O)NS(=O)(=O)C(F)(F)F)c1ccc(C(c2ccc(C)cc2)c2ccc(Nc3ccc(C(C)(C)CC)cc3)c3ccccc23)cc1. The van der Waals surface area contributed by atoms with Gasteiger partial charge in [-0.25, -0.2) is 16.8 Å². The van der Waals surface area contributed by atoms with Crippen molar-refractivity contribution in [2.45, 2.75) is 64.3 Å². The van der Waals surface area contributed by atoms with Gasteiger partial charge in [-0.15, -0.1) is 4.13 Å². The highest BCUT2D eigenvalue weighted by atomic mass is 32.3. The van der Waals surface area contributed by atoms with E-state index in [2.05, 4.69) is 106 Å². The second kappa shape index (κ2) is 15.9. The third-order valence-electron chi connectivity index (χ3n) is 9.86. The van der Waals surface area contributed by atoms with E-state index in [-0.39, 0.29) is 24.3 Å². The average Bonchev–Trinajstić information content (AvgIpc) is 3.11. The molecule has 0 aliphatic carbocycles. The number of aryl methyl sites for hydroxylation is 1. The number of fused-ring (bicyclic) bond motifs is 1. The molecule has 0 heterocycles. The van der Waals surface area contributed by atoms with Crippen LogP contribution in [0.25, 0.3) is 10.8 Å². The lowest BCUT2D eigenvalue weighted by atomic mass is 9.82. The van der Waals surface area contributed by atoms with Crippen molar-refractivity contribution >= 4 is 47.9 Å². The molecule has 0 fully saturated rings. The van der Waals surface area contributed by atoms with E-state index in [0.29, 0.717) is 6.54 Å². The summed E-state index contributed by atoms with van der Waals surface area (Å²) in [5, 5.41) is 5.83. The molecule has 0 bridgehead atoms. The first-order valence-corrected chi connectivity index (χ1v) is 20.7. The average molecular weight is 766 g/mol. The summed E-state index contributed by atoms with van der Waals surface area (Å²) in [6.07, 6.45) is 0.961. The van der Waals surface area contributed by atoms with Crippen LogP contribution in [0.2, 0.25) is 0 Å². The van der Waals surface area contributed by atoms with Crippen LogP contribution in [-0.2, 0) is 25.5 Å². The Bertz CT molecular complexity index is 2240. The van der Waals surface area contributed by atoms with E-state index in [1.165, 1.54) is 5.56 Å². The van der Waals surface area contributed by atoms with Gasteiger partial charge in [0.1, 0.15) is 0 Å². The van der Waals surface area contributed by atoms with Gasteiger partial charge in [0.2, 0.25) is 10.0 Å². The van der Waals surface area contributed by atoms with E-state index in [1.807, 2.05) is 48.2 Å². The monoisotopic (exact) mass is 765 g/mol. The van der Waals surface area contributed by atoms with Crippen LogP contribution in [-0.4, -0.2) is 41.2 Å². The van der Waals surface area contributed by atoms with Crippen LogP contribution in [0.4, 0.5) is 30.2 Å². The number of hydrogen-bond donors (Lipinski definition) is 2. The van der Waals surface area contributed by atoms with Gasteiger partial charge >= 0.3 is 15.5 Å². The second-order valence-electron chi connectivity index (χ2n) is 13.9. The minimum absolute atomic E-state index is 0.0858. The predicted octanol–water partition coefficient (Wildman–Crippen LogP) is 9.75. The van der Waals surface area contributed by atoms with E-state index in [1.54, 1.807) is 0 Å². The molecule has 0 aromatic heterocycles. The third kappa shape index (κ3) is 9.41. The molecule has 282 valence electrons. The molecule has 5 rings (SSSR count). The van der Waals surface area contributed by atoms with Crippen molar-refractivity contribution in [3.05, 3.63) is 137 Å². The van der Waals surface area contributed by atoms with E-state index in [9.17, 15) is 30.0 Å². The summed E-state index contributed by atoms with van der Waals surface area (Å²) in [5.41, 5.74) is 2.89. The maximum atomic E-state index is 12.7. The topological polar surface area (TPSA) is 95.6 Å². The zero-order valence-electron chi connectivity index (χ0n) is 30.5. The first-order chi connectivity index (χ1) is 24.9. The zero-order valence-corrected chi connectivity index (χ0v) is 32.2. The van der Waals surface area contributed by atoms with Crippen molar-refractivity contribution in [2.24, 2.45) is 0 Å². The molecule has 0 spiro atoms. The van der Waals surface area contributed by atoms with Gasteiger partial charge in [0.15, 0.2) is 0 Å². The highest BCUT2D eigenvalue weighted by Gasteiger charge is 2.48. The first kappa shape index (κ1) is 39.8. The van der Waals surface area contributed by atoms with Crippen molar-refractivity contribution in [3.8, 4) is 0 Å². The predicted molar refractivity (Wildman–Crippen MR) is 210 cm³/mol. The minimum Gasteiger partial charge on any atom is -0.372 e. The summed E-state index contributed by atoms with van der Waals surface area (Å²) in [4.78, 5) is 1.89.